The largest absolute Gasteiger partial charge is 0.292 e. The topological polar surface area (TPSA) is 127 Å². The molecule has 0 radical (unpaired) electrons. The fraction of sp³-hybridized carbons (Fsp3) is 0.500. The minimum Gasteiger partial charge on any atom is -0.292 e. The van der Waals surface area contributed by atoms with Crippen LogP contribution in [0.4, 0.5) is 5.95 Å². The molecule has 102 valence electrons. The summed E-state index contributed by atoms with van der Waals surface area (Å²) in [6.07, 6.45) is 2.28. The van der Waals surface area contributed by atoms with Crippen molar-refractivity contribution < 1.29 is 12.6 Å². The number of nitrogen functional groups attached to an aromatic ring is 1. The number of rotatable bonds is 7. The monoisotopic (exact) mass is 293 g/mol. The van der Waals surface area contributed by atoms with E-state index in [0.29, 0.717) is 5.75 Å². The minimum absolute atomic E-state index is 0.0659. The maximum Gasteiger partial charge on any atom is 0.243 e. The lowest BCUT2D eigenvalue weighted by Crippen LogP contribution is -2.28. The first kappa shape index (κ1) is 15.0. The summed E-state index contributed by atoms with van der Waals surface area (Å²) in [7, 11) is -4.68. The van der Waals surface area contributed by atoms with E-state index in [1.165, 1.54) is 0 Å². The fourth-order valence-corrected chi connectivity index (χ4v) is 2.72. The number of nitrogens with zero attached hydrogens (tertiary/aromatic N) is 2. The van der Waals surface area contributed by atoms with Gasteiger partial charge in [-0.3, -0.25) is 9.63 Å². The van der Waals surface area contributed by atoms with Crippen molar-refractivity contribution in [3.63, 3.8) is 0 Å². The van der Waals surface area contributed by atoms with Crippen LogP contribution in [-0.2, 0) is 20.8 Å². The number of hydrogen-bond donors (Lipinski definition) is 3. The van der Waals surface area contributed by atoms with Crippen molar-refractivity contribution in [3.8, 4) is 0 Å². The number of hydrazine groups is 1. The molecule has 1 aromatic rings. The van der Waals surface area contributed by atoms with Gasteiger partial charge in [-0.2, -0.15) is 0 Å². The van der Waals surface area contributed by atoms with Gasteiger partial charge in [-0.05, 0) is 0 Å². The average molecular weight is 293 g/mol. The quantitative estimate of drug-likeness (QED) is 0.426. The van der Waals surface area contributed by atoms with E-state index in [2.05, 4.69) is 20.1 Å². The molecular formula is C8H15N5O3S2. The van der Waals surface area contributed by atoms with E-state index in [9.17, 15) is 12.6 Å². The minimum atomic E-state index is -3.67. The van der Waals surface area contributed by atoms with Crippen LogP contribution in [0.3, 0.4) is 0 Å². The molecule has 0 bridgehead atoms. The first-order valence-corrected chi connectivity index (χ1v) is 8.10. The molecule has 1 rings (SSSR count). The number of sulfonamides is 1. The number of aromatic nitrogens is 2. The lowest BCUT2D eigenvalue weighted by molar-refractivity contribution is 0.583. The van der Waals surface area contributed by atoms with Crippen LogP contribution < -0.4 is 16.0 Å². The molecule has 0 saturated heterocycles. The van der Waals surface area contributed by atoms with Gasteiger partial charge >= 0.3 is 0 Å². The molecule has 10 heteroatoms. The van der Waals surface area contributed by atoms with Crippen LogP contribution in [0.1, 0.15) is 6.92 Å². The van der Waals surface area contributed by atoms with Crippen molar-refractivity contribution in [2.45, 2.75) is 11.8 Å². The smallest absolute Gasteiger partial charge is 0.243 e. The van der Waals surface area contributed by atoms with Crippen molar-refractivity contribution >= 4 is 26.8 Å². The first-order chi connectivity index (χ1) is 8.49. The van der Waals surface area contributed by atoms with Crippen LogP contribution in [0, 0.1) is 0 Å². The molecule has 0 amide bonds. The Bertz CT molecular complexity index is 502. The van der Waals surface area contributed by atoms with E-state index in [0.717, 1.165) is 12.4 Å². The molecular weight excluding hydrogens is 278 g/mol. The van der Waals surface area contributed by atoms with Gasteiger partial charge in [0.2, 0.25) is 16.0 Å². The second-order valence-corrected chi connectivity index (χ2v) is 6.85. The lowest BCUT2D eigenvalue weighted by Gasteiger charge is -2.06. The molecule has 18 heavy (non-hydrogen) atoms. The summed E-state index contributed by atoms with van der Waals surface area (Å²) in [6.45, 7) is 1.89. The second-order valence-electron chi connectivity index (χ2n) is 3.22. The van der Waals surface area contributed by atoms with E-state index in [1.54, 1.807) is 6.92 Å². The van der Waals surface area contributed by atoms with Gasteiger partial charge in [0.1, 0.15) is 4.90 Å². The summed E-state index contributed by atoms with van der Waals surface area (Å²) in [5.74, 6) is 5.97. The third kappa shape index (κ3) is 4.29. The summed E-state index contributed by atoms with van der Waals surface area (Å²) in [6, 6.07) is 0. The van der Waals surface area contributed by atoms with Gasteiger partial charge in [0.25, 0.3) is 0 Å². The predicted molar refractivity (Wildman–Crippen MR) is 68.6 cm³/mol. The van der Waals surface area contributed by atoms with Crippen molar-refractivity contribution in [2.24, 2.45) is 5.84 Å². The molecule has 0 saturated carbocycles. The van der Waals surface area contributed by atoms with E-state index in [4.69, 9.17) is 5.84 Å². The number of nitrogens with two attached hydrogens (primary N) is 1. The van der Waals surface area contributed by atoms with Crippen LogP contribution in [0.2, 0.25) is 0 Å². The van der Waals surface area contributed by atoms with E-state index < -0.39 is 20.8 Å². The third-order valence-corrected chi connectivity index (χ3v) is 4.73. The molecule has 1 atom stereocenters. The van der Waals surface area contributed by atoms with Crippen molar-refractivity contribution in [1.29, 1.82) is 0 Å². The Morgan fingerprint density at radius 2 is 2.00 bits per heavy atom. The van der Waals surface area contributed by atoms with Gasteiger partial charge in [-0.15, -0.1) is 0 Å². The molecule has 1 aromatic heterocycles. The van der Waals surface area contributed by atoms with Gasteiger partial charge in [0, 0.05) is 28.9 Å². The van der Waals surface area contributed by atoms with Crippen LogP contribution in [-0.4, -0.2) is 40.6 Å². The maximum atomic E-state index is 11.8. The number of nitrogens with one attached hydrogen (secondary N) is 2. The van der Waals surface area contributed by atoms with Crippen LogP contribution in [0.15, 0.2) is 17.3 Å². The van der Waals surface area contributed by atoms with Crippen molar-refractivity contribution in [1.82, 2.24) is 14.7 Å². The van der Waals surface area contributed by atoms with Gasteiger partial charge in [0.15, 0.2) is 0 Å². The Labute approximate surface area is 108 Å². The van der Waals surface area contributed by atoms with Gasteiger partial charge in [-0.25, -0.2) is 29.0 Å². The highest BCUT2D eigenvalue weighted by Crippen LogP contribution is 2.06. The lowest BCUT2D eigenvalue weighted by atomic mass is 10.7. The molecule has 0 aliphatic rings. The van der Waals surface area contributed by atoms with E-state index in [-0.39, 0.29) is 23.1 Å². The molecule has 0 aliphatic heterocycles. The zero-order valence-electron chi connectivity index (χ0n) is 9.79. The molecule has 1 unspecified atom stereocenters. The summed E-state index contributed by atoms with van der Waals surface area (Å²) in [5.41, 5.74) is 2.19. The van der Waals surface area contributed by atoms with Crippen molar-refractivity contribution in [2.75, 3.05) is 23.5 Å². The Hall–Kier alpha value is -1.10. The molecule has 8 nitrogen and oxygen atoms in total. The summed E-state index contributed by atoms with van der Waals surface area (Å²) in [4.78, 5) is 7.33. The summed E-state index contributed by atoms with van der Waals surface area (Å²) in [5, 5.41) is 0. The van der Waals surface area contributed by atoms with Crippen LogP contribution in [0.5, 0.6) is 0 Å². The Kier molecular flexibility index (Phi) is 5.59. The first-order valence-electron chi connectivity index (χ1n) is 5.13. The highest BCUT2D eigenvalue weighted by molar-refractivity contribution is 7.89. The maximum absolute atomic E-state index is 11.8. The van der Waals surface area contributed by atoms with Crippen LogP contribution in [0.25, 0.3) is 0 Å². The standard InChI is InChI=1S/C8H15N5O3S2/c1-2-17(14)4-3-12-18(15,16)7-5-10-8(13-9)11-6-7/h5-6,12H,2-4,9H2,1H3,(H,10,11,13). The second kappa shape index (κ2) is 6.73. The zero-order valence-corrected chi connectivity index (χ0v) is 11.4. The highest BCUT2D eigenvalue weighted by Gasteiger charge is 2.14. The molecule has 0 spiro atoms. The predicted octanol–water partition coefficient (Wildman–Crippen LogP) is -1.19. The van der Waals surface area contributed by atoms with Gasteiger partial charge < -0.3 is 0 Å². The third-order valence-electron chi connectivity index (χ3n) is 2.01. The normalized spacial score (nSPS) is 13.2. The Morgan fingerprint density at radius 1 is 1.39 bits per heavy atom. The molecule has 0 aromatic carbocycles. The number of anilines is 1. The van der Waals surface area contributed by atoms with Crippen molar-refractivity contribution in [3.05, 3.63) is 12.4 Å². The Balaban J connectivity index is 2.65. The van der Waals surface area contributed by atoms with Gasteiger partial charge in [-0.1, -0.05) is 6.92 Å². The highest BCUT2D eigenvalue weighted by atomic mass is 32.2. The molecule has 0 aliphatic carbocycles. The molecule has 0 fully saturated rings. The van der Waals surface area contributed by atoms with E-state index >= 15 is 0 Å². The average Bonchev–Trinajstić information content (AvgIpc) is 2.38. The molecule has 4 N–H and O–H groups in total. The molecule has 1 heterocycles. The van der Waals surface area contributed by atoms with Gasteiger partial charge in [0.05, 0.1) is 12.4 Å². The van der Waals surface area contributed by atoms with Crippen LogP contribution >= 0.6 is 0 Å². The summed E-state index contributed by atoms with van der Waals surface area (Å²) < 4.78 is 37.0. The zero-order chi connectivity index (χ0) is 13.6. The summed E-state index contributed by atoms with van der Waals surface area (Å²) >= 11 is 0. The Morgan fingerprint density at radius 3 is 2.50 bits per heavy atom. The number of hydrogen-bond acceptors (Lipinski definition) is 7. The fourth-order valence-electron chi connectivity index (χ4n) is 1.05. The SMILES string of the molecule is CCS(=O)CCNS(=O)(=O)c1cnc(NN)nc1. The van der Waals surface area contributed by atoms with E-state index in [1.807, 2.05) is 0 Å².